The van der Waals surface area contributed by atoms with Crippen molar-refractivity contribution < 1.29 is 4.74 Å². The monoisotopic (exact) mass is 309 g/mol. The fourth-order valence-corrected chi connectivity index (χ4v) is 2.29. The number of hydrogen-bond acceptors (Lipinski definition) is 6. The summed E-state index contributed by atoms with van der Waals surface area (Å²) in [5.41, 5.74) is 11.9. The number of nitrogen functional groups attached to an aromatic ring is 2. The van der Waals surface area contributed by atoms with Crippen molar-refractivity contribution in [3.05, 3.63) is 27.7 Å². The number of rotatable bonds is 2. The summed E-state index contributed by atoms with van der Waals surface area (Å²) in [5.74, 6) is 0.268. The van der Waals surface area contributed by atoms with Gasteiger partial charge in [-0.3, -0.25) is 0 Å². The normalized spacial score (nSPS) is 10.1. The minimum Gasteiger partial charge on any atom is -0.496 e. The summed E-state index contributed by atoms with van der Waals surface area (Å²) in [5, 5.41) is 9.86. The summed E-state index contributed by atoms with van der Waals surface area (Å²) in [4.78, 5) is 7.78. The number of hydrogen-bond donors (Lipinski definition) is 2. The molecule has 0 aliphatic rings. The Morgan fingerprint density at radius 2 is 1.95 bits per heavy atom. The molecule has 0 fully saturated rings. The van der Waals surface area contributed by atoms with Crippen molar-refractivity contribution in [2.75, 3.05) is 18.6 Å². The lowest BCUT2D eigenvalue weighted by molar-refractivity contribution is 0.416. The van der Waals surface area contributed by atoms with E-state index < -0.39 is 0 Å². The van der Waals surface area contributed by atoms with Crippen LogP contribution >= 0.6 is 23.2 Å². The van der Waals surface area contributed by atoms with E-state index in [1.54, 1.807) is 6.07 Å². The minimum absolute atomic E-state index is 0.0249. The lowest BCUT2D eigenvalue weighted by Gasteiger charge is -2.13. The zero-order valence-electron chi connectivity index (χ0n) is 10.3. The number of aromatic nitrogens is 2. The average molecular weight is 310 g/mol. The third kappa shape index (κ3) is 2.41. The minimum atomic E-state index is -0.0652. The molecule has 1 heterocycles. The zero-order valence-corrected chi connectivity index (χ0v) is 11.8. The van der Waals surface area contributed by atoms with Crippen LogP contribution in [-0.4, -0.2) is 17.1 Å². The molecule has 0 saturated heterocycles. The first-order chi connectivity index (χ1) is 9.47. The lowest BCUT2D eigenvalue weighted by atomic mass is 10.1. The molecule has 0 radical (unpaired) electrons. The van der Waals surface area contributed by atoms with E-state index in [2.05, 4.69) is 9.97 Å². The number of nitrogens with two attached hydrogens (primary N) is 2. The van der Waals surface area contributed by atoms with Crippen LogP contribution in [0.1, 0.15) is 5.56 Å². The molecule has 0 amide bonds. The standard InChI is InChI=1S/C12H9Cl2N5O/c1-20-8-3-5(13)2-7(14)9(8)10-6(4-15)11(16)19-12(17)18-10/h2-3H,1H3,(H4,16,17,18,19). The number of benzene rings is 1. The molecular formula is C12H9Cl2N5O. The number of nitriles is 1. The maximum atomic E-state index is 9.20. The van der Waals surface area contributed by atoms with Crippen LogP contribution in [0.25, 0.3) is 11.3 Å². The highest BCUT2D eigenvalue weighted by Gasteiger charge is 2.20. The van der Waals surface area contributed by atoms with Gasteiger partial charge in [0.1, 0.15) is 28.9 Å². The topological polar surface area (TPSA) is 111 Å². The Hall–Kier alpha value is -2.23. The molecule has 0 saturated carbocycles. The van der Waals surface area contributed by atoms with Crippen molar-refractivity contribution in [2.45, 2.75) is 0 Å². The summed E-state index contributed by atoms with van der Waals surface area (Å²) in [7, 11) is 1.45. The Morgan fingerprint density at radius 3 is 2.55 bits per heavy atom. The molecule has 0 aliphatic carbocycles. The first kappa shape index (κ1) is 14.2. The van der Waals surface area contributed by atoms with Gasteiger partial charge in [-0.05, 0) is 12.1 Å². The molecule has 0 bridgehead atoms. The summed E-state index contributed by atoms with van der Waals surface area (Å²) in [6.07, 6.45) is 0. The van der Waals surface area contributed by atoms with Gasteiger partial charge in [-0.1, -0.05) is 23.2 Å². The molecule has 102 valence electrons. The first-order valence-electron chi connectivity index (χ1n) is 5.34. The quantitative estimate of drug-likeness (QED) is 0.881. The van der Waals surface area contributed by atoms with E-state index in [0.717, 1.165) is 0 Å². The second kappa shape index (κ2) is 5.41. The van der Waals surface area contributed by atoms with Crippen LogP contribution in [-0.2, 0) is 0 Å². The summed E-state index contributed by atoms with van der Waals surface area (Å²) in [6.45, 7) is 0. The first-order valence-corrected chi connectivity index (χ1v) is 6.10. The van der Waals surface area contributed by atoms with Gasteiger partial charge in [0.05, 0.1) is 17.7 Å². The van der Waals surface area contributed by atoms with Crippen LogP contribution < -0.4 is 16.2 Å². The van der Waals surface area contributed by atoms with Gasteiger partial charge in [-0.2, -0.15) is 10.2 Å². The number of halogens is 2. The Bertz CT molecular complexity index is 727. The molecule has 2 rings (SSSR count). The molecule has 0 unspecified atom stereocenters. The van der Waals surface area contributed by atoms with Crippen LogP contribution in [0.2, 0.25) is 10.0 Å². The number of anilines is 2. The Labute approximate surface area is 124 Å². The molecule has 2 aromatic rings. The van der Waals surface area contributed by atoms with Gasteiger partial charge in [0, 0.05) is 5.02 Å². The van der Waals surface area contributed by atoms with E-state index in [1.807, 2.05) is 6.07 Å². The van der Waals surface area contributed by atoms with Crippen molar-refractivity contribution >= 4 is 35.0 Å². The van der Waals surface area contributed by atoms with Crippen LogP contribution in [0, 0.1) is 11.3 Å². The van der Waals surface area contributed by atoms with Crippen molar-refractivity contribution in [2.24, 2.45) is 0 Å². The molecular weight excluding hydrogens is 301 g/mol. The second-order valence-electron chi connectivity index (χ2n) is 3.77. The van der Waals surface area contributed by atoms with Crippen LogP contribution in [0.5, 0.6) is 5.75 Å². The van der Waals surface area contributed by atoms with E-state index in [9.17, 15) is 5.26 Å². The SMILES string of the molecule is COc1cc(Cl)cc(Cl)c1-c1nc(N)nc(N)c1C#N. The van der Waals surface area contributed by atoms with E-state index in [4.69, 9.17) is 39.4 Å². The largest absolute Gasteiger partial charge is 0.496 e. The Balaban J connectivity index is 2.85. The summed E-state index contributed by atoms with van der Waals surface area (Å²) >= 11 is 12.1. The summed E-state index contributed by atoms with van der Waals surface area (Å²) < 4.78 is 5.22. The highest BCUT2D eigenvalue weighted by Crippen LogP contribution is 2.40. The van der Waals surface area contributed by atoms with Gasteiger partial charge in [-0.25, -0.2) is 4.98 Å². The van der Waals surface area contributed by atoms with Crippen molar-refractivity contribution in [3.8, 4) is 23.1 Å². The lowest BCUT2D eigenvalue weighted by Crippen LogP contribution is -2.05. The van der Waals surface area contributed by atoms with Crippen LogP contribution in [0.15, 0.2) is 12.1 Å². The van der Waals surface area contributed by atoms with Gasteiger partial charge in [0.25, 0.3) is 0 Å². The maximum Gasteiger partial charge on any atom is 0.222 e. The van der Waals surface area contributed by atoms with Crippen LogP contribution in [0.4, 0.5) is 11.8 Å². The van der Waals surface area contributed by atoms with Crippen molar-refractivity contribution in [1.29, 1.82) is 5.26 Å². The van der Waals surface area contributed by atoms with E-state index in [1.165, 1.54) is 13.2 Å². The molecule has 1 aromatic carbocycles. The van der Waals surface area contributed by atoms with Gasteiger partial charge < -0.3 is 16.2 Å². The molecule has 0 atom stereocenters. The number of ether oxygens (including phenoxy) is 1. The van der Waals surface area contributed by atoms with Gasteiger partial charge in [-0.15, -0.1) is 0 Å². The maximum absolute atomic E-state index is 9.20. The Kier molecular flexibility index (Phi) is 3.84. The predicted octanol–water partition coefficient (Wildman–Crippen LogP) is 2.50. The highest BCUT2D eigenvalue weighted by molar-refractivity contribution is 6.37. The van der Waals surface area contributed by atoms with Crippen LogP contribution in [0.3, 0.4) is 0 Å². The molecule has 20 heavy (non-hydrogen) atoms. The second-order valence-corrected chi connectivity index (χ2v) is 4.61. The molecule has 0 spiro atoms. The van der Waals surface area contributed by atoms with Crippen molar-refractivity contribution in [3.63, 3.8) is 0 Å². The van der Waals surface area contributed by atoms with Gasteiger partial charge in [0.15, 0.2) is 0 Å². The smallest absolute Gasteiger partial charge is 0.222 e. The van der Waals surface area contributed by atoms with E-state index >= 15 is 0 Å². The van der Waals surface area contributed by atoms with E-state index in [-0.39, 0.29) is 28.0 Å². The molecule has 1 aromatic heterocycles. The Morgan fingerprint density at radius 1 is 1.25 bits per heavy atom. The third-order valence-electron chi connectivity index (χ3n) is 2.54. The van der Waals surface area contributed by atoms with Gasteiger partial charge >= 0.3 is 0 Å². The predicted molar refractivity (Wildman–Crippen MR) is 77.6 cm³/mol. The molecule has 8 heteroatoms. The highest BCUT2D eigenvalue weighted by atomic mass is 35.5. The fourth-order valence-electron chi connectivity index (χ4n) is 1.73. The molecule has 0 aliphatic heterocycles. The fraction of sp³-hybridized carbons (Fsp3) is 0.0833. The number of nitrogens with zero attached hydrogens (tertiary/aromatic N) is 3. The van der Waals surface area contributed by atoms with E-state index in [0.29, 0.717) is 16.3 Å². The summed E-state index contributed by atoms with van der Waals surface area (Å²) in [6, 6.07) is 4.99. The third-order valence-corrected chi connectivity index (χ3v) is 3.06. The van der Waals surface area contributed by atoms with Gasteiger partial charge in [0.2, 0.25) is 5.95 Å². The zero-order chi connectivity index (χ0) is 14.9. The average Bonchev–Trinajstić information content (AvgIpc) is 2.36. The number of methoxy groups -OCH3 is 1. The molecule has 6 nitrogen and oxygen atoms in total. The van der Waals surface area contributed by atoms with Crippen molar-refractivity contribution in [1.82, 2.24) is 9.97 Å². The molecule has 4 N–H and O–H groups in total.